The van der Waals surface area contributed by atoms with Gasteiger partial charge in [-0.1, -0.05) is 0 Å². The van der Waals surface area contributed by atoms with Crippen LogP contribution in [0.2, 0.25) is 0 Å². The van der Waals surface area contributed by atoms with E-state index >= 15 is 0 Å². The van der Waals surface area contributed by atoms with E-state index in [9.17, 15) is 4.79 Å². The molecule has 0 bridgehead atoms. The summed E-state index contributed by atoms with van der Waals surface area (Å²) in [4.78, 5) is 14.5. The number of aromatic amines is 1. The van der Waals surface area contributed by atoms with E-state index in [0.29, 0.717) is 24.5 Å². The van der Waals surface area contributed by atoms with Gasteiger partial charge in [-0.15, -0.1) is 10.2 Å². The Kier molecular flexibility index (Phi) is 3.11. The summed E-state index contributed by atoms with van der Waals surface area (Å²) in [7, 11) is 1.62. The third kappa shape index (κ3) is 2.01. The van der Waals surface area contributed by atoms with Crippen LogP contribution in [0, 0.1) is 0 Å². The second-order valence-electron chi connectivity index (χ2n) is 3.26. The third-order valence-corrected chi connectivity index (χ3v) is 2.22. The Bertz CT molecular complexity index is 517. The van der Waals surface area contributed by atoms with Gasteiger partial charge in [-0.2, -0.15) is 0 Å². The Morgan fingerprint density at radius 1 is 1.56 bits per heavy atom. The minimum Gasteiger partial charge on any atom is -0.383 e. The van der Waals surface area contributed by atoms with E-state index in [1.807, 2.05) is 0 Å². The molecule has 0 unspecified atom stereocenters. The van der Waals surface area contributed by atoms with Crippen molar-refractivity contribution < 1.29 is 4.74 Å². The van der Waals surface area contributed by atoms with Crippen molar-refractivity contribution in [2.45, 2.75) is 6.54 Å². The fourth-order valence-electron chi connectivity index (χ4n) is 1.41. The molecule has 0 aliphatic carbocycles. The van der Waals surface area contributed by atoms with Crippen LogP contribution in [0.25, 0.3) is 11.4 Å². The molecule has 0 aromatic carbocycles. The highest BCUT2D eigenvalue weighted by Gasteiger charge is 2.09. The Morgan fingerprint density at radius 3 is 3.19 bits per heavy atom. The molecule has 2 aromatic rings. The molecule has 6 nitrogen and oxygen atoms in total. The summed E-state index contributed by atoms with van der Waals surface area (Å²) < 4.78 is 6.76. The van der Waals surface area contributed by atoms with Crippen molar-refractivity contribution >= 4 is 0 Å². The van der Waals surface area contributed by atoms with Crippen LogP contribution >= 0.6 is 0 Å². The molecule has 0 saturated carbocycles. The number of ether oxygens (including phenoxy) is 1. The molecule has 2 heterocycles. The number of nitrogens with one attached hydrogen (secondary N) is 1. The number of hydrogen-bond donors (Lipinski definition) is 1. The van der Waals surface area contributed by atoms with E-state index in [-0.39, 0.29) is 5.43 Å². The van der Waals surface area contributed by atoms with Crippen LogP contribution in [0.3, 0.4) is 0 Å². The van der Waals surface area contributed by atoms with Crippen molar-refractivity contribution in [3.05, 3.63) is 35.0 Å². The van der Waals surface area contributed by atoms with Crippen molar-refractivity contribution in [2.75, 3.05) is 13.7 Å². The second kappa shape index (κ2) is 4.71. The first kappa shape index (κ1) is 10.6. The van der Waals surface area contributed by atoms with Crippen molar-refractivity contribution in [3.8, 4) is 11.4 Å². The highest BCUT2D eigenvalue weighted by molar-refractivity contribution is 5.52. The third-order valence-electron chi connectivity index (χ3n) is 2.22. The first-order valence-corrected chi connectivity index (χ1v) is 4.87. The van der Waals surface area contributed by atoms with Crippen LogP contribution < -0.4 is 5.43 Å². The predicted molar refractivity (Wildman–Crippen MR) is 58.0 cm³/mol. The molecule has 0 amide bonds. The van der Waals surface area contributed by atoms with Gasteiger partial charge in [-0.25, -0.2) is 0 Å². The maximum Gasteiger partial charge on any atom is 0.192 e. The summed E-state index contributed by atoms with van der Waals surface area (Å²) in [6.07, 6.45) is 4.79. The van der Waals surface area contributed by atoms with Crippen LogP contribution in [0.4, 0.5) is 0 Å². The zero-order valence-corrected chi connectivity index (χ0v) is 8.88. The van der Waals surface area contributed by atoms with Crippen LogP contribution in [0.5, 0.6) is 0 Å². The van der Waals surface area contributed by atoms with Crippen molar-refractivity contribution in [2.24, 2.45) is 0 Å². The summed E-state index contributed by atoms with van der Waals surface area (Å²) in [5.74, 6) is 0.555. The minimum atomic E-state index is -0.0783. The quantitative estimate of drug-likeness (QED) is 0.803. The molecule has 0 aliphatic rings. The normalized spacial score (nSPS) is 10.6. The molecular formula is C10H12N4O2. The molecule has 2 aromatic heterocycles. The van der Waals surface area contributed by atoms with Gasteiger partial charge in [-0.05, 0) is 0 Å². The number of hydrogen-bond acceptors (Lipinski definition) is 4. The van der Waals surface area contributed by atoms with Gasteiger partial charge in [0.25, 0.3) is 0 Å². The molecule has 1 N–H and O–H groups in total. The Balaban J connectivity index is 2.37. The van der Waals surface area contributed by atoms with Crippen LogP contribution in [-0.2, 0) is 11.3 Å². The van der Waals surface area contributed by atoms with Crippen molar-refractivity contribution in [3.63, 3.8) is 0 Å². The SMILES string of the molecule is COCCn1cnnc1-c1c[nH]ccc1=O. The van der Waals surface area contributed by atoms with E-state index in [2.05, 4.69) is 15.2 Å². The highest BCUT2D eigenvalue weighted by atomic mass is 16.5. The smallest absolute Gasteiger partial charge is 0.192 e. The lowest BCUT2D eigenvalue weighted by Gasteiger charge is -2.04. The molecule has 0 aliphatic heterocycles. The lowest BCUT2D eigenvalue weighted by Crippen LogP contribution is -2.10. The maximum atomic E-state index is 11.6. The number of aromatic nitrogens is 4. The van der Waals surface area contributed by atoms with E-state index in [4.69, 9.17) is 4.74 Å². The van der Waals surface area contributed by atoms with Crippen LogP contribution in [0.15, 0.2) is 29.6 Å². The summed E-state index contributed by atoms with van der Waals surface area (Å²) in [6, 6.07) is 1.46. The Morgan fingerprint density at radius 2 is 2.44 bits per heavy atom. The molecule has 84 valence electrons. The maximum absolute atomic E-state index is 11.6. The molecule has 0 atom stereocenters. The van der Waals surface area contributed by atoms with Gasteiger partial charge >= 0.3 is 0 Å². The minimum absolute atomic E-state index is 0.0783. The summed E-state index contributed by atoms with van der Waals surface area (Å²) in [6.45, 7) is 1.17. The van der Waals surface area contributed by atoms with E-state index < -0.39 is 0 Å². The molecule has 0 spiro atoms. The van der Waals surface area contributed by atoms with Gasteiger partial charge in [0, 0.05) is 32.1 Å². The average molecular weight is 220 g/mol. The molecule has 0 fully saturated rings. The van der Waals surface area contributed by atoms with Crippen molar-refractivity contribution in [1.29, 1.82) is 0 Å². The fourth-order valence-corrected chi connectivity index (χ4v) is 1.41. The first-order chi connectivity index (χ1) is 7.83. The van der Waals surface area contributed by atoms with Gasteiger partial charge in [0.15, 0.2) is 11.3 Å². The standard InChI is InChI=1S/C10H12N4O2/c1-16-5-4-14-7-12-13-10(14)8-6-11-3-2-9(8)15/h2-3,6-7H,4-5H2,1H3,(H,11,15). The van der Waals surface area contributed by atoms with Crippen LogP contribution in [-0.4, -0.2) is 33.5 Å². The highest BCUT2D eigenvalue weighted by Crippen LogP contribution is 2.09. The fraction of sp³-hybridized carbons (Fsp3) is 0.300. The van der Waals surface area contributed by atoms with Gasteiger partial charge in [-0.3, -0.25) is 4.79 Å². The summed E-state index contributed by atoms with van der Waals surface area (Å²) >= 11 is 0. The number of H-pyrrole nitrogens is 1. The first-order valence-electron chi connectivity index (χ1n) is 4.87. The lowest BCUT2D eigenvalue weighted by atomic mass is 10.2. The monoisotopic (exact) mass is 220 g/mol. The van der Waals surface area contributed by atoms with E-state index in [1.54, 1.807) is 30.4 Å². The van der Waals surface area contributed by atoms with E-state index in [1.165, 1.54) is 6.07 Å². The summed E-state index contributed by atoms with van der Waals surface area (Å²) in [5.41, 5.74) is 0.432. The second-order valence-corrected chi connectivity index (χ2v) is 3.26. The van der Waals surface area contributed by atoms with Gasteiger partial charge in [0.05, 0.1) is 12.2 Å². The molecule has 0 saturated heterocycles. The topological polar surface area (TPSA) is 72.8 Å². The zero-order valence-electron chi connectivity index (χ0n) is 8.88. The van der Waals surface area contributed by atoms with E-state index in [0.717, 1.165) is 0 Å². The van der Waals surface area contributed by atoms with Gasteiger partial charge in [0.2, 0.25) is 0 Å². The molecular weight excluding hydrogens is 208 g/mol. The van der Waals surface area contributed by atoms with Gasteiger partial charge in [0.1, 0.15) is 6.33 Å². The molecule has 2 rings (SSSR count). The number of pyridine rings is 1. The number of rotatable bonds is 4. The molecule has 16 heavy (non-hydrogen) atoms. The number of methoxy groups -OCH3 is 1. The summed E-state index contributed by atoms with van der Waals surface area (Å²) in [5, 5.41) is 7.73. The molecule has 0 radical (unpaired) electrons. The number of nitrogens with zero attached hydrogens (tertiary/aromatic N) is 3. The Labute approximate surface area is 91.9 Å². The predicted octanol–water partition coefficient (Wildman–Crippen LogP) is 0.280. The lowest BCUT2D eigenvalue weighted by molar-refractivity contribution is 0.187. The average Bonchev–Trinajstić information content (AvgIpc) is 2.75. The zero-order chi connectivity index (χ0) is 11.4. The van der Waals surface area contributed by atoms with Crippen LogP contribution in [0.1, 0.15) is 0 Å². The Hall–Kier alpha value is -1.95. The van der Waals surface area contributed by atoms with Gasteiger partial charge < -0.3 is 14.3 Å². The van der Waals surface area contributed by atoms with Crippen molar-refractivity contribution in [1.82, 2.24) is 19.7 Å². The molecule has 6 heteroatoms. The largest absolute Gasteiger partial charge is 0.383 e.